The highest BCUT2D eigenvalue weighted by Crippen LogP contribution is 2.46. The van der Waals surface area contributed by atoms with E-state index in [-0.39, 0.29) is 18.9 Å². The zero-order valence-electron chi connectivity index (χ0n) is 19.5. The fourth-order valence-corrected chi connectivity index (χ4v) is 4.67. The molecular weight excluding hydrogens is 406 g/mol. The highest BCUT2D eigenvalue weighted by molar-refractivity contribution is 5.69. The van der Waals surface area contributed by atoms with Gasteiger partial charge in [0.25, 0.3) is 0 Å². The molecule has 2 aromatic carbocycles. The summed E-state index contributed by atoms with van der Waals surface area (Å²) in [5.74, 6) is 0.326. The van der Waals surface area contributed by atoms with E-state index in [1.54, 1.807) is 12.0 Å². The number of hydrogen-bond acceptors (Lipinski definition) is 5. The number of methoxy groups -OCH3 is 1. The fourth-order valence-electron chi connectivity index (χ4n) is 4.67. The van der Waals surface area contributed by atoms with Gasteiger partial charge in [-0.1, -0.05) is 48.5 Å². The predicted octanol–water partition coefficient (Wildman–Crippen LogP) is 4.66. The molecule has 32 heavy (non-hydrogen) atoms. The van der Waals surface area contributed by atoms with Crippen molar-refractivity contribution in [3.8, 4) is 5.75 Å². The van der Waals surface area contributed by atoms with Gasteiger partial charge in [-0.25, -0.2) is 4.79 Å². The van der Waals surface area contributed by atoms with Crippen LogP contribution >= 0.6 is 0 Å². The Morgan fingerprint density at radius 1 is 1.16 bits per heavy atom. The summed E-state index contributed by atoms with van der Waals surface area (Å²) < 4.78 is 11.2. The second-order valence-corrected chi connectivity index (χ2v) is 9.52. The van der Waals surface area contributed by atoms with Crippen LogP contribution in [0.25, 0.3) is 0 Å². The van der Waals surface area contributed by atoms with E-state index in [2.05, 4.69) is 0 Å². The number of aliphatic hydroxyl groups excluding tert-OH is 1. The number of carbonyl (C=O) groups excluding carboxylic acids is 1. The number of nitrogens with zero attached hydrogens (tertiary/aromatic N) is 1. The number of para-hydroxylation sites is 1. The molecule has 0 unspecified atom stereocenters. The first kappa shape index (κ1) is 24.1. The van der Waals surface area contributed by atoms with Crippen LogP contribution < -0.4 is 4.74 Å². The van der Waals surface area contributed by atoms with E-state index in [1.165, 1.54) is 0 Å². The second kappa shape index (κ2) is 9.92. The molecule has 0 aliphatic carbocycles. The Bertz CT molecular complexity index is 895. The van der Waals surface area contributed by atoms with Crippen LogP contribution in [-0.2, 0) is 4.74 Å². The standard InChI is InChI=1S/C26H35NO5/c1-25(2,3)32-24(29)27-16-10-15-26(30,23(27)19-11-6-5-7-12-19)17-20(18-28)21-13-8-9-14-22(21)31-4/h5-9,11-14,20,23,28,30H,10,15-18H2,1-4H3/t20-,23-,26-/m1/s1. The van der Waals surface area contributed by atoms with Crippen LogP contribution in [0.3, 0.4) is 0 Å². The van der Waals surface area contributed by atoms with Crippen LogP contribution in [0, 0.1) is 0 Å². The first-order chi connectivity index (χ1) is 15.2. The van der Waals surface area contributed by atoms with E-state index < -0.39 is 23.3 Å². The van der Waals surface area contributed by atoms with Gasteiger partial charge < -0.3 is 19.7 Å². The molecule has 0 bridgehead atoms. The van der Waals surface area contributed by atoms with Crippen molar-refractivity contribution in [2.75, 3.05) is 20.3 Å². The Balaban J connectivity index is 2.00. The minimum Gasteiger partial charge on any atom is -0.496 e. The summed E-state index contributed by atoms with van der Waals surface area (Å²) in [5.41, 5.74) is -0.201. The van der Waals surface area contributed by atoms with E-state index in [0.717, 1.165) is 11.1 Å². The molecule has 0 radical (unpaired) electrons. The number of piperidine rings is 1. The van der Waals surface area contributed by atoms with Gasteiger partial charge in [-0.2, -0.15) is 0 Å². The highest BCUT2D eigenvalue weighted by atomic mass is 16.6. The zero-order chi connectivity index (χ0) is 23.4. The van der Waals surface area contributed by atoms with Crippen molar-refractivity contribution in [3.63, 3.8) is 0 Å². The number of ether oxygens (including phenoxy) is 2. The minimum atomic E-state index is -1.25. The lowest BCUT2D eigenvalue weighted by atomic mass is 9.74. The Labute approximate surface area is 190 Å². The van der Waals surface area contributed by atoms with Crippen molar-refractivity contribution in [3.05, 3.63) is 65.7 Å². The molecule has 0 saturated carbocycles. The molecule has 2 aromatic rings. The maximum atomic E-state index is 13.1. The lowest BCUT2D eigenvalue weighted by Gasteiger charge is -2.48. The van der Waals surface area contributed by atoms with Crippen molar-refractivity contribution in [2.45, 2.75) is 63.2 Å². The van der Waals surface area contributed by atoms with E-state index in [9.17, 15) is 15.0 Å². The first-order valence-electron chi connectivity index (χ1n) is 11.2. The van der Waals surface area contributed by atoms with Crippen LogP contribution in [0.1, 0.15) is 63.1 Å². The van der Waals surface area contributed by atoms with Gasteiger partial charge in [0.15, 0.2) is 0 Å². The molecule has 0 spiro atoms. The smallest absolute Gasteiger partial charge is 0.410 e. The Morgan fingerprint density at radius 2 is 1.81 bits per heavy atom. The lowest BCUT2D eigenvalue weighted by molar-refractivity contribution is -0.0955. The molecule has 2 N–H and O–H groups in total. The van der Waals surface area contributed by atoms with Crippen molar-refractivity contribution in [2.24, 2.45) is 0 Å². The van der Waals surface area contributed by atoms with Crippen molar-refractivity contribution >= 4 is 6.09 Å². The van der Waals surface area contributed by atoms with E-state index in [1.807, 2.05) is 75.4 Å². The number of aliphatic hydroxyl groups is 2. The molecule has 1 fully saturated rings. The maximum Gasteiger partial charge on any atom is 0.410 e. The monoisotopic (exact) mass is 441 g/mol. The van der Waals surface area contributed by atoms with Crippen LogP contribution in [0.2, 0.25) is 0 Å². The molecule has 3 atom stereocenters. The largest absolute Gasteiger partial charge is 0.496 e. The molecule has 1 aliphatic heterocycles. The summed E-state index contributed by atoms with van der Waals surface area (Å²) in [4.78, 5) is 14.8. The Kier molecular flexibility index (Phi) is 7.47. The Hall–Kier alpha value is -2.57. The summed E-state index contributed by atoms with van der Waals surface area (Å²) in [7, 11) is 1.60. The molecule has 1 amide bonds. The molecule has 3 rings (SSSR count). The normalized spacial score (nSPS) is 22.3. The highest BCUT2D eigenvalue weighted by Gasteiger charge is 2.48. The number of carbonyl (C=O) groups is 1. The SMILES string of the molecule is COc1ccccc1[C@@H](CO)C[C@]1(O)CCCN(C(=O)OC(C)(C)C)[C@@H]1c1ccccc1. The van der Waals surface area contributed by atoms with Gasteiger partial charge in [0.05, 0.1) is 25.4 Å². The van der Waals surface area contributed by atoms with Crippen molar-refractivity contribution < 1.29 is 24.5 Å². The number of hydrogen-bond donors (Lipinski definition) is 2. The summed E-state index contributed by atoms with van der Waals surface area (Å²) in [6, 6.07) is 16.5. The van der Waals surface area contributed by atoms with Gasteiger partial charge in [0.1, 0.15) is 11.4 Å². The van der Waals surface area contributed by atoms with Crippen molar-refractivity contribution in [1.82, 2.24) is 4.90 Å². The average Bonchev–Trinajstić information content (AvgIpc) is 2.76. The molecule has 1 heterocycles. The zero-order valence-corrected chi connectivity index (χ0v) is 19.5. The van der Waals surface area contributed by atoms with E-state index in [4.69, 9.17) is 9.47 Å². The van der Waals surface area contributed by atoms with Gasteiger partial charge in [0.2, 0.25) is 0 Å². The first-order valence-corrected chi connectivity index (χ1v) is 11.2. The fraction of sp³-hybridized carbons (Fsp3) is 0.500. The van der Waals surface area contributed by atoms with Gasteiger partial charge in [0, 0.05) is 12.5 Å². The molecule has 1 aliphatic rings. The molecular formula is C26H35NO5. The molecule has 6 heteroatoms. The molecule has 0 aromatic heterocycles. The number of benzene rings is 2. The van der Waals surface area contributed by atoms with Gasteiger partial charge in [-0.05, 0) is 57.2 Å². The topological polar surface area (TPSA) is 79.2 Å². The van der Waals surface area contributed by atoms with Crippen LogP contribution in [0.5, 0.6) is 5.75 Å². The van der Waals surface area contributed by atoms with Crippen LogP contribution in [-0.4, -0.2) is 52.7 Å². The van der Waals surface area contributed by atoms with Crippen LogP contribution in [0.15, 0.2) is 54.6 Å². The summed E-state index contributed by atoms with van der Waals surface area (Å²) in [6.45, 7) is 5.86. The quantitative estimate of drug-likeness (QED) is 0.681. The third kappa shape index (κ3) is 5.43. The third-order valence-corrected chi connectivity index (χ3v) is 5.97. The summed E-state index contributed by atoms with van der Waals surface area (Å²) >= 11 is 0. The van der Waals surface area contributed by atoms with E-state index in [0.29, 0.717) is 25.1 Å². The lowest BCUT2D eigenvalue weighted by Crippen LogP contribution is -2.54. The summed E-state index contributed by atoms with van der Waals surface area (Å²) in [6.07, 6.45) is 0.992. The number of amides is 1. The van der Waals surface area contributed by atoms with E-state index >= 15 is 0 Å². The number of likely N-dealkylation sites (tertiary alicyclic amines) is 1. The number of rotatable bonds is 6. The average molecular weight is 442 g/mol. The molecule has 6 nitrogen and oxygen atoms in total. The second-order valence-electron chi connectivity index (χ2n) is 9.52. The third-order valence-electron chi connectivity index (χ3n) is 5.97. The summed E-state index contributed by atoms with van der Waals surface area (Å²) in [5, 5.41) is 22.3. The molecule has 1 saturated heterocycles. The van der Waals surface area contributed by atoms with Gasteiger partial charge in [-0.15, -0.1) is 0 Å². The predicted molar refractivity (Wildman–Crippen MR) is 124 cm³/mol. The minimum absolute atomic E-state index is 0.142. The van der Waals surface area contributed by atoms with Crippen LogP contribution in [0.4, 0.5) is 4.79 Å². The Morgan fingerprint density at radius 3 is 2.44 bits per heavy atom. The maximum absolute atomic E-state index is 13.1. The molecule has 174 valence electrons. The van der Waals surface area contributed by atoms with Gasteiger partial charge >= 0.3 is 6.09 Å². The van der Waals surface area contributed by atoms with Crippen molar-refractivity contribution in [1.29, 1.82) is 0 Å². The van der Waals surface area contributed by atoms with Gasteiger partial charge in [-0.3, -0.25) is 4.90 Å².